The molecule has 0 heterocycles. The van der Waals surface area contributed by atoms with Crippen molar-refractivity contribution in [3.8, 4) is 11.5 Å². The van der Waals surface area contributed by atoms with Crippen LogP contribution in [0.25, 0.3) is 0 Å². The molecule has 0 aromatic heterocycles. The van der Waals surface area contributed by atoms with Gasteiger partial charge >= 0.3 is 0 Å². The van der Waals surface area contributed by atoms with Crippen LogP contribution in [0.3, 0.4) is 0 Å². The predicted molar refractivity (Wildman–Crippen MR) is 101 cm³/mol. The molecule has 3 nitrogen and oxygen atoms in total. The molecule has 2 aromatic rings. The first-order chi connectivity index (χ1) is 11.1. The van der Waals surface area contributed by atoms with Gasteiger partial charge in [0.1, 0.15) is 11.5 Å². The van der Waals surface area contributed by atoms with Gasteiger partial charge in [0.15, 0.2) is 0 Å². The van der Waals surface area contributed by atoms with E-state index in [2.05, 4.69) is 55.4 Å². The maximum absolute atomic E-state index is 5.74. The summed E-state index contributed by atoms with van der Waals surface area (Å²) in [4.78, 5) is 0. The lowest BCUT2D eigenvalue weighted by Crippen LogP contribution is -2.17. The van der Waals surface area contributed by atoms with E-state index in [1.54, 1.807) is 7.11 Å². The maximum atomic E-state index is 5.74. The summed E-state index contributed by atoms with van der Waals surface area (Å²) in [7, 11) is 1.68. The zero-order valence-electron chi connectivity index (χ0n) is 13.4. The summed E-state index contributed by atoms with van der Waals surface area (Å²) in [5.74, 6) is 1.80. The van der Waals surface area contributed by atoms with E-state index in [9.17, 15) is 0 Å². The minimum atomic E-state index is 0.652. The first kappa shape index (κ1) is 18.3. The molecule has 5 heteroatoms. The van der Waals surface area contributed by atoms with Crippen LogP contribution in [0.4, 0.5) is 0 Å². The van der Waals surface area contributed by atoms with Crippen LogP contribution in [0, 0.1) is 0 Å². The molecule has 0 aliphatic carbocycles. The molecule has 0 aliphatic rings. The van der Waals surface area contributed by atoms with Gasteiger partial charge in [-0.1, -0.05) is 28.1 Å². The Morgan fingerprint density at radius 3 is 2.48 bits per heavy atom. The van der Waals surface area contributed by atoms with E-state index in [0.29, 0.717) is 6.61 Å². The van der Waals surface area contributed by atoms with Crippen LogP contribution in [0.1, 0.15) is 18.1 Å². The molecular formula is C18H21Br2NO2. The number of rotatable bonds is 8. The van der Waals surface area contributed by atoms with Gasteiger partial charge in [-0.05, 0) is 65.6 Å². The van der Waals surface area contributed by atoms with Gasteiger partial charge in [0.2, 0.25) is 0 Å². The summed E-state index contributed by atoms with van der Waals surface area (Å²) in [5, 5.41) is 3.48. The third-order valence-corrected chi connectivity index (χ3v) is 4.49. The highest BCUT2D eigenvalue weighted by atomic mass is 79.9. The summed E-state index contributed by atoms with van der Waals surface area (Å²) in [5.41, 5.74) is 2.43. The Kier molecular flexibility index (Phi) is 7.40. The zero-order valence-corrected chi connectivity index (χ0v) is 16.5. The second-order valence-corrected chi connectivity index (χ2v) is 6.85. The Bertz CT molecular complexity index is 630. The van der Waals surface area contributed by atoms with E-state index in [1.807, 2.05) is 25.1 Å². The van der Waals surface area contributed by atoms with E-state index in [0.717, 1.165) is 45.5 Å². The molecule has 23 heavy (non-hydrogen) atoms. The predicted octanol–water partition coefficient (Wildman–Crippen LogP) is 4.95. The Hall–Kier alpha value is -1.04. The number of hydrogen-bond acceptors (Lipinski definition) is 3. The van der Waals surface area contributed by atoms with E-state index >= 15 is 0 Å². The lowest BCUT2D eigenvalue weighted by Gasteiger charge is -2.14. The van der Waals surface area contributed by atoms with Crippen molar-refractivity contribution in [1.29, 1.82) is 0 Å². The van der Waals surface area contributed by atoms with Crippen LogP contribution in [-0.2, 0) is 13.0 Å². The second kappa shape index (κ2) is 9.30. The molecule has 0 saturated carbocycles. The molecule has 0 amide bonds. The fourth-order valence-electron chi connectivity index (χ4n) is 2.30. The molecule has 0 atom stereocenters. The van der Waals surface area contributed by atoms with Crippen molar-refractivity contribution < 1.29 is 9.47 Å². The number of hydrogen-bond donors (Lipinski definition) is 1. The molecule has 2 rings (SSSR count). The Labute approximate surface area is 154 Å². The van der Waals surface area contributed by atoms with Crippen LogP contribution in [0.15, 0.2) is 45.3 Å². The Morgan fingerprint density at radius 2 is 1.83 bits per heavy atom. The fourth-order valence-corrected chi connectivity index (χ4v) is 3.73. The van der Waals surface area contributed by atoms with Crippen LogP contribution in [-0.4, -0.2) is 20.3 Å². The van der Waals surface area contributed by atoms with Crippen molar-refractivity contribution in [1.82, 2.24) is 5.32 Å². The van der Waals surface area contributed by atoms with Gasteiger partial charge in [-0.2, -0.15) is 0 Å². The maximum Gasteiger partial charge on any atom is 0.138 e. The van der Waals surface area contributed by atoms with Crippen molar-refractivity contribution in [2.75, 3.05) is 20.3 Å². The zero-order chi connectivity index (χ0) is 16.7. The monoisotopic (exact) mass is 441 g/mol. The minimum absolute atomic E-state index is 0.652. The average Bonchev–Trinajstić information content (AvgIpc) is 2.55. The third-order valence-electron chi connectivity index (χ3n) is 3.44. The van der Waals surface area contributed by atoms with Gasteiger partial charge < -0.3 is 14.8 Å². The van der Waals surface area contributed by atoms with E-state index < -0.39 is 0 Å². The number of methoxy groups -OCH3 is 1. The molecule has 0 bridgehead atoms. The van der Waals surface area contributed by atoms with Gasteiger partial charge in [0.05, 0.1) is 18.2 Å². The molecule has 0 aliphatic heterocycles. The number of benzene rings is 2. The highest BCUT2D eigenvalue weighted by molar-refractivity contribution is 9.11. The highest BCUT2D eigenvalue weighted by Crippen LogP contribution is 2.32. The SMILES string of the molecule is CCOc1c(Br)cc(Br)cc1CNCCc1ccc(OC)cc1. The Balaban J connectivity index is 1.90. The molecule has 2 aromatic carbocycles. The van der Waals surface area contributed by atoms with Crippen LogP contribution < -0.4 is 14.8 Å². The summed E-state index contributed by atoms with van der Waals surface area (Å²) >= 11 is 7.10. The van der Waals surface area contributed by atoms with Crippen LogP contribution >= 0.6 is 31.9 Å². The molecule has 0 spiro atoms. The summed E-state index contributed by atoms with van der Waals surface area (Å²) < 4.78 is 12.9. The number of nitrogens with one attached hydrogen (secondary N) is 1. The quantitative estimate of drug-likeness (QED) is 0.586. The third kappa shape index (κ3) is 5.52. The summed E-state index contributed by atoms with van der Waals surface area (Å²) in [6.07, 6.45) is 0.975. The van der Waals surface area contributed by atoms with Crippen molar-refractivity contribution in [2.24, 2.45) is 0 Å². The molecule has 0 unspecified atom stereocenters. The molecule has 1 N–H and O–H groups in total. The van der Waals surface area contributed by atoms with Crippen LogP contribution in [0.2, 0.25) is 0 Å². The van der Waals surface area contributed by atoms with Crippen LogP contribution in [0.5, 0.6) is 11.5 Å². The van der Waals surface area contributed by atoms with Gasteiger partial charge in [-0.25, -0.2) is 0 Å². The first-order valence-electron chi connectivity index (χ1n) is 7.58. The largest absolute Gasteiger partial charge is 0.497 e. The smallest absolute Gasteiger partial charge is 0.138 e. The molecular weight excluding hydrogens is 422 g/mol. The molecule has 124 valence electrons. The normalized spacial score (nSPS) is 10.6. The van der Waals surface area contributed by atoms with E-state index in [4.69, 9.17) is 9.47 Å². The topological polar surface area (TPSA) is 30.5 Å². The van der Waals surface area contributed by atoms with Gasteiger partial charge in [0.25, 0.3) is 0 Å². The standard InChI is InChI=1S/C18H21Br2NO2/c1-3-23-18-14(10-15(19)11-17(18)20)12-21-9-8-13-4-6-16(22-2)7-5-13/h4-7,10-11,21H,3,8-9,12H2,1-2H3. The van der Waals surface area contributed by atoms with Crippen molar-refractivity contribution in [3.05, 3.63) is 56.5 Å². The minimum Gasteiger partial charge on any atom is -0.497 e. The van der Waals surface area contributed by atoms with E-state index in [1.165, 1.54) is 5.56 Å². The number of halogens is 2. The lowest BCUT2D eigenvalue weighted by atomic mass is 10.1. The second-order valence-electron chi connectivity index (χ2n) is 5.08. The molecule has 0 radical (unpaired) electrons. The van der Waals surface area contributed by atoms with Gasteiger partial charge in [0, 0.05) is 16.6 Å². The first-order valence-corrected chi connectivity index (χ1v) is 9.17. The highest BCUT2D eigenvalue weighted by Gasteiger charge is 2.09. The van der Waals surface area contributed by atoms with Crippen molar-refractivity contribution >= 4 is 31.9 Å². The summed E-state index contributed by atoms with van der Waals surface area (Å²) in [6.45, 7) is 4.32. The fraction of sp³-hybridized carbons (Fsp3) is 0.333. The summed E-state index contributed by atoms with van der Waals surface area (Å²) in [6, 6.07) is 12.3. The lowest BCUT2D eigenvalue weighted by molar-refractivity contribution is 0.333. The van der Waals surface area contributed by atoms with Crippen molar-refractivity contribution in [2.45, 2.75) is 19.9 Å². The van der Waals surface area contributed by atoms with Gasteiger partial charge in [-0.3, -0.25) is 0 Å². The van der Waals surface area contributed by atoms with Gasteiger partial charge in [-0.15, -0.1) is 0 Å². The average molecular weight is 443 g/mol. The molecule has 0 fully saturated rings. The van der Waals surface area contributed by atoms with E-state index in [-0.39, 0.29) is 0 Å². The molecule has 0 saturated heterocycles. The van der Waals surface area contributed by atoms with Crippen molar-refractivity contribution in [3.63, 3.8) is 0 Å². The Morgan fingerprint density at radius 1 is 1.09 bits per heavy atom. The number of ether oxygens (including phenoxy) is 2.